The van der Waals surface area contributed by atoms with Crippen molar-refractivity contribution in [2.24, 2.45) is 0 Å². The molecule has 1 aromatic rings. The lowest BCUT2D eigenvalue weighted by atomic mass is 10.2. The topological polar surface area (TPSA) is 64.6 Å². The molecule has 0 amide bonds. The van der Waals surface area contributed by atoms with Gasteiger partial charge >= 0.3 is 12.1 Å². The molecular weight excluding hydrogens is 303 g/mol. The predicted molar refractivity (Wildman–Crippen MR) is 71.5 cm³/mol. The van der Waals surface area contributed by atoms with Crippen LogP contribution >= 0.6 is 0 Å². The summed E-state index contributed by atoms with van der Waals surface area (Å²) in [7, 11) is 0. The minimum atomic E-state index is -4.44. The van der Waals surface area contributed by atoms with Gasteiger partial charge in [0, 0.05) is 6.08 Å². The lowest BCUT2D eigenvalue weighted by Crippen LogP contribution is -2.14. The molecule has 0 fully saturated rings. The number of anilines is 1. The van der Waals surface area contributed by atoms with Gasteiger partial charge in [-0.15, -0.1) is 0 Å². The molecule has 1 N–H and O–H groups in total. The fourth-order valence-corrected chi connectivity index (χ4v) is 1.30. The zero-order chi connectivity index (χ0) is 16.6. The summed E-state index contributed by atoms with van der Waals surface area (Å²) in [6.07, 6.45) is -2.70. The third-order valence-corrected chi connectivity index (χ3v) is 2.33. The standard InChI is InChI=1S/C14H14F3NO4/c1-2-21-8-7-12(19)9-13(20)22-18-11-5-3-10(4-6-11)14(15,16)17/h3-8,18H,2,9H2,1H3. The van der Waals surface area contributed by atoms with Crippen LogP contribution in [0.1, 0.15) is 18.9 Å². The Morgan fingerprint density at radius 2 is 1.86 bits per heavy atom. The van der Waals surface area contributed by atoms with E-state index in [0.29, 0.717) is 6.61 Å². The lowest BCUT2D eigenvalue weighted by Gasteiger charge is -2.09. The van der Waals surface area contributed by atoms with E-state index in [1.165, 1.54) is 6.26 Å². The second kappa shape index (κ2) is 8.06. The molecule has 0 atom stereocenters. The number of rotatable bonds is 7. The van der Waals surface area contributed by atoms with Gasteiger partial charge in [0.2, 0.25) is 0 Å². The van der Waals surface area contributed by atoms with Crippen molar-refractivity contribution in [3.05, 3.63) is 42.2 Å². The number of benzene rings is 1. The van der Waals surface area contributed by atoms with Gasteiger partial charge in [-0.25, -0.2) is 10.3 Å². The highest BCUT2D eigenvalue weighted by atomic mass is 19.4. The zero-order valence-corrected chi connectivity index (χ0v) is 11.6. The quantitative estimate of drug-likeness (QED) is 0.362. The first-order valence-electron chi connectivity index (χ1n) is 6.27. The summed E-state index contributed by atoms with van der Waals surface area (Å²) in [6, 6.07) is 3.89. The van der Waals surface area contributed by atoms with Gasteiger partial charge in [0.05, 0.1) is 24.1 Å². The van der Waals surface area contributed by atoms with Crippen molar-refractivity contribution in [3.63, 3.8) is 0 Å². The van der Waals surface area contributed by atoms with Gasteiger partial charge in [-0.2, -0.15) is 13.2 Å². The summed E-state index contributed by atoms with van der Waals surface area (Å²) in [5.41, 5.74) is 1.50. The van der Waals surface area contributed by atoms with Crippen LogP contribution in [-0.4, -0.2) is 18.4 Å². The van der Waals surface area contributed by atoms with Crippen molar-refractivity contribution in [1.82, 2.24) is 0 Å². The molecule has 22 heavy (non-hydrogen) atoms. The van der Waals surface area contributed by atoms with Crippen LogP contribution in [0, 0.1) is 0 Å². The predicted octanol–water partition coefficient (Wildman–Crippen LogP) is 3.08. The minimum absolute atomic E-state index is 0.152. The van der Waals surface area contributed by atoms with Crippen molar-refractivity contribution < 1.29 is 32.3 Å². The zero-order valence-electron chi connectivity index (χ0n) is 11.6. The van der Waals surface area contributed by atoms with Gasteiger partial charge in [-0.1, -0.05) is 0 Å². The molecule has 0 saturated carbocycles. The SMILES string of the molecule is CCOC=CC(=O)CC(=O)ONc1ccc(C(F)(F)F)cc1. The summed E-state index contributed by atoms with van der Waals surface area (Å²) in [5, 5.41) is 0. The average molecular weight is 317 g/mol. The molecule has 1 aromatic carbocycles. The van der Waals surface area contributed by atoms with E-state index >= 15 is 0 Å². The Labute approximate surface area is 124 Å². The molecule has 8 heteroatoms. The summed E-state index contributed by atoms with van der Waals surface area (Å²) in [5.74, 6) is -1.39. The largest absolute Gasteiger partial charge is 0.501 e. The first-order chi connectivity index (χ1) is 10.3. The molecule has 5 nitrogen and oxygen atoms in total. The highest BCUT2D eigenvalue weighted by Gasteiger charge is 2.29. The molecular formula is C14H14F3NO4. The Kier molecular flexibility index (Phi) is 6.43. The van der Waals surface area contributed by atoms with E-state index in [0.717, 1.165) is 30.3 Å². The monoisotopic (exact) mass is 317 g/mol. The molecule has 0 aliphatic heterocycles. The van der Waals surface area contributed by atoms with Crippen LogP contribution in [-0.2, 0) is 25.3 Å². The smallest absolute Gasteiger partial charge is 0.416 e. The Morgan fingerprint density at radius 3 is 2.41 bits per heavy atom. The Morgan fingerprint density at radius 1 is 1.23 bits per heavy atom. The van der Waals surface area contributed by atoms with Crippen molar-refractivity contribution in [2.75, 3.05) is 12.1 Å². The lowest BCUT2D eigenvalue weighted by molar-refractivity contribution is -0.142. The molecule has 0 spiro atoms. The minimum Gasteiger partial charge on any atom is -0.501 e. The maximum Gasteiger partial charge on any atom is 0.416 e. The van der Waals surface area contributed by atoms with E-state index in [1.54, 1.807) is 6.92 Å². The van der Waals surface area contributed by atoms with Gasteiger partial charge in [-0.3, -0.25) is 4.79 Å². The van der Waals surface area contributed by atoms with Crippen LogP contribution < -0.4 is 5.48 Å². The number of ketones is 1. The number of alkyl halides is 3. The van der Waals surface area contributed by atoms with E-state index in [9.17, 15) is 22.8 Å². The molecule has 0 saturated heterocycles. The fraction of sp³-hybridized carbons (Fsp3) is 0.286. The molecule has 120 valence electrons. The van der Waals surface area contributed by atoms with Crippen LogP contribution in [0.5, 0.6) is 0 Å². The van der Waals surface area contributed by atoms with Crippen molar-refractivity contribution in [3.8, 4) is 0 Å². The second-order valence-corrected chi connectivity index (χ2v) is 4.05. The van der Waals surface area contributed by atoms with Crippen molar-refractivity contribution in [2.45, 2.75) is 19.5 Å². The molecule has 0 aliphatic carbocycles. The fourth-order valence-electron chi connectivity index (χ4n) is 1.30. The molecule has 1 rings (SSSR count). The third-order valence-electron chi connectivity index (χ3n) is 2.33. The number of nitrogens with one attached hydrogen (secondary N) is 1. The van der Waals surface area contributed by atoms with Crippen molar-refractivity contribution >= 4 is 17.4 Å². The highest BCUT2D eigenvalue weighted by molar-refractivity contribution is 6.01. The van der Waals surface area contributed by atoms with Crippen LogP contribution in [0.3, 0.4) is 0 Å². The number of hydrogen-bond donors (Lipinski definition) is 1. The first-order valence-corrected chi connectivity index (χ1v) is 6.27. The van der Waals surface area contributed by atoms with E-state index < -0.39 is 29.9 Å². The summed E-state index contributed by atoms with van der Waals surface area (Å²) < 4.78 is 41.8. The maximum absolute atomic E-state index is 12.3. The van der Waals surface area contributed by atoms with E-state index in [2.05, 4.69) is 10.3 Å². The van der Waals surface area contributed by atoms with Gasteiger partial charge in [-0.05, 0) is 31.2 Å². The maximum atomic E-state index is 12.3. The Balaban J connectivity index is 2.42. The number of hydrogen-bond acceptors (Lipinski definition) is 5. The summed E-state index contributed by atoms with van der Waals surface area (Å²) in [4.78, 5) is 27.2. The van der Waals surface area contributed by atoms with Gasteiger partial charge < -0.3 is 9.57 Å². The van der Waals surface area contributed by atoms with Crippen LogP contribution in [0.4, 0.5) is 18.9 Å². The second-order valence-electron chi connectivity index (χ2n) is 4.05. The normalized spacial score (nSPS) is 11.3. The molecule has 0 heterocycles. The van der Waals surface area contributed by atoms with Gasteiger partial charge in [0.15, 0.2) is 5.78 Å². The molecule has 0 radical (unpaired) electrons. The summed E-state index contributed by atoms with van der Waals surface area (Å²) >= 11 is 0. The molecule has 0 bridgehead atoms. The number of ether oxygens (including phenoxy) is 1. The summed E-state index contributed by atoms with van der Waals surface area (Å²) in [6.45, 7) is 2.13. The van der Waals surface area contributed by atoms with E-state index in [-0.39, 0.29) is 5.69 Å². The third kappa shape index (κ3) is 6.29. The number of allylic oxidation sites excluding steroid dienone is 1. The van der Waals surface area contributed by atoms with E-state index in [4.69, 9.17) is 4.74 Å². The first kappa shape index (κ1) is 17.5. The Hall–Kier alpha value is -2.51. The average Bonchev–Trinajstić information content (AvgIpc) is 2.45. The van der Waals surface area contributed by atoms with Crippen LogP contribution in [0.2, 0.25) is 0 Å². The van der Waals surface area contributed by atoms with E-state index in [1.807, 2.05) is 0 Å². The number of carbonyl (C=O) groups is 2. The molecule has 0 aliphatic rings. The number of halogens is 3. The van der Waals surface area contributed by atoms with Gasteiger partial charge in [0.25, 0.3) is 0 Å². The van der Waals surface area contributed by atoms with Crippen molar-refractivity contribution in [1.29, 1.82) is 0 Å². The van der Waals surface area contributed by atoms with Crippen LogP contribution in [0.15, 0.2) is 36.6 Å². The Bertz CT molecular complexity index is 538. The molecule has 0 unspecified atom stereocenters. The van der Waals surface area contributed by atoms with Crippen LogP contribution in [0.25, 0.3) is 0 Å². The number of carbonyl (C=O) groups excluding carboxylic acids is 2. The van der Waals surface area contributed by atoms with Gasteiger partial charge in [0.1, 0.15) is 6.42 Å². The molecule has 0 aromatic heterocycles. The highest BCUT2D eigenvalue weighted by Crippen LogP contribution is 2.29.